The molecule has 0 unspecified atom stereocenters. The Morgan fingerprint density at radius 3 is 2.34 bits per heavy atom. The molecule has 7 heteroatoms. The minimum atomic E-state index is -0.396. The summed E-state index contributed by atoms with van der Waals surface area (Å²) in [6.07, 6.45) is 9.03. The number of carbonyl (C=O) groups is 3. The molecule has 1 heterocycles. The van der Waals surface area contributed by atoms with E-state index in [1.807, 2.05) is 43.3 Å². The molecule has 0 aliphatic heterocycles. The summed E-state index contributed by atoms with van der Waals surface area (Å²) in [6.45, 7) is 2.05. The molecule has 35 heavy (non-hydrogen) atoms. The highest BCUT2D eigenvalue weighted by atomic mass is 16.2. The zero-order valence-electron chi connectivity index (χ0n) is 20.0. The largest absolute Gasteiger partial charge is 0.372 e. The number of pyridine rings is 1. The van der Waals surface area contributed by atoms with Crippen LogP contribution >= 0.6 is 0 Å². The van der Waals surface area contributed by atoms with Gasteiger partial charge < -0.3 is 16.8 Å². The molecule has 0 bridgehead atoms. The number of aromatic nitrogens is 1. The molecule has 3 amide bonds. The molecule has 0 saturated heterocycles. The third kappa shape index (κ3) is 6.76. The summed E-state index contributed by atoms with van der Waals surface area (Å²) >= 11 is 0. The van der Waals surface area contributed by atoms with Crippen LogP contribution in [0.2, 0.25) is 0 Å². The van der Waals surface area contributed by atoms with E-state index in [-0.39, 0.29) is 12.3 Å². The van der Waals surface area contributed by atoms with Gasteiger partial charge in [-0.2, -0.15) is 0 Å². The molecule has 1 aliphatic rings. The smallest absolute Gasteiger partial charge is 0.256 e. The topological polar surface area (TPSA) is 128 Å². The molecule has 2 aromatic carbocycles. The summed E-state index contributed by atoms with van der Waals surface area (Å²) < 4.78 is 0. The Hall–Kier alpha value is -4.00. The molecule has 0 spiro atoms. The predicted octanol–water partition coefficient (Wildman–Crippen LogP) is 4.63. The lowest BCUT2D eigenvalue weighted by atomic mass is 9.87. The van der Waals surface area contributed by atoms with Gasteiger partial charge in [0, 0.05) is 22.9 Å². The first-order valence-electron chi connectivity index (χ1n) is 11.8. The number of rotatable bonds is 7. The zero-order chi connectivity index (χ0) is 25.2. The molecule has 0 radical (unpaired) electrons. The first-order chi connectivity index (χ1) is 16.9. The van der Waals surface area contributed by atoms with Gasteiger partial charge in [0.25, 0.3) is 5.91 Å². The maximum absolute atomic E-state index is 12.4. The van der Waals surface area contributed by atoms with Crippen LogP contribution in [0.25, 0.3) is 11.1 Å². The van der Waals surface area contributed by atoms with Crippen LogP contribution in [0.5, 0.6) is 0 Å². The molecular weight excluding hydrogens is 440 g/mol. The van der Waals surface area contributed by atoms with Crippen molar-refractivity contribution in [2.45, 2.75) is 45.4 Å². The molecular formula is C28H32N4O3. The Morgan fingerprint density at radius 2 is 1.74 bits per heavy atom. The average molecular weight is 473 g/mol. The van der Waals surface area contributed by atoms with Gasteiger partial charge >= 0.3 is 0 Å². The summed E-state index contributed by atoms with van der Waals surface area (Å²) in [6, 6.07) is 16.6. The van der Waals surface area contributed by atoms with E-state index in [1.54, 1.807) is 24.4 Å². The number of amides is 3. The highest BCUT2D eigenvalue weighted by molar-refractivity contribution is 6.03. The summed E-state index contributed by atoms with van der Waals surface area (Å²) in [4.78, 5) is 37.6. The Labute approximate surface area is 205 Å². The number of nitrogens with two attached hydrogens (primary N) is 2. The molecule has 3 aromatic rings. The number of nitrogens with zero attached hydrogens (tertiary/aromatic N) is 1. The Morgan fingerprint density at radius 1 is 1.06 bits per heavy atom. The van der Waals surface area contributed by atoms with Crippen molar-refractivity contribution < 1.29 is 14.4 Å². The van der Waals surface area contributed by atoms with Crippen LogP contribution in [0.4, 0.5) is 5.82 Å². The number of benzene rings is 2. The number of anilines is 1. The van der Waals surface area contributed by atoms with E-state index in [9.17, 15) is 9.59 Å². The van der Waals surface area contributed by atoms with Gasteiger partial charge in [-0.25, -0.2) is 4.98 Å². The van der Waals surface area contributed by atoms with E-state index >= 15 is 0 Å². The van der Waals surface area contributed by atoms with Crippen LogP contribution in [0.3, 0.4) is 0 Å². The monoisotopic (exact) mass is 472 g/mol. The Bertz CT molecular complexity index is 1150. The van der Waals surface area contributed by atoms with Crippen LogP contribution < -0.4 is 16.8 Å². The van der Waals surface area contributed by atoms with Crippen molar-refractivity contribution in [3.63, 3.8) is 0 Å². The van der Waals surface area contributed by atoms with Gasteiger partial charge in [-0.15, -0.1) is 0 Å². The summed E-state index contributed by atoms with van der Waals surface area (Å²) in [5.74, 6) is 0.610. The minimum Gasteiger partial charge on any atom is -0.372 e. The quantitative estimate of drug-likeness (QED) is 0.433. The summed E-state index contributed by atoms with van der Waals surface area (Å²) in [5.41, 5.74) is 15.1. The first-order valence-corrected chi connectivity index (χ1v) is 11.8. The molecule has 1 saturated carbocycles. The molecule has 1 fully saturated rings. The van der Waals surface area contributed by atoms with Gasteiger partial charge in [-0.3, -0.25) is 14.4 Å². The average Bonchev–Trinajstić information content (AvgIpc) is 3.38. The molecule has 1 aromatic heterocycles. The van der Waals surface area contributed by atoms with E-state index in [1.165, 1.54) is 25.7 Å². The maximum Gasteiger partial charge on any atom is 0.256 e. The first kappa shape index (κ1) is 25.6. The molecule has 4 rings (SSSR count). The zero-order valence-corrected chi connectivity index (χ0v) is 20.0. The Kier molecular flexibility index (Phi) is 9.12. The highest BCUT2D eigenvalue weighted by Crippen LogP contribution is 2.34. The van der Waals surface area contributed by atoms with Crippen LogP contribution in [0.15, 0.2) is 60.8 Å². The second-order valence-electron chi connectivity index (χ2n) is 8.73. The van der Waals surface area contributed by atoms with Crippen molar-refractivity contribution in [1.29, 1.82) is 0 Å². The maximum atomic E-state index is 12.4. The summed E-state index contributed by atoms with van der Waals surface area (Å²) in [7, 11) is 0. The predicted molar refractivity (Wildman–Crippen MR) is 138 cm³/mol. The fraction of sp³-hybridized carbons (Fsp3) is 0.286. The van der Waals surface area contributed by atoms with Crippen molar-refractivity contribution in [2.75, 3.05) is 5.32 Å². The number of hydrogen-bond donors (Lipinski definition) is 3. The number of aryl methyl sites for hydroxylation is 1. The summed E-state index contributed by atoms with van der Waals surface area (Å²) in [5, 5.41) is 2.83. The second kappa shape index (κ2) is 12.5. The number of nitrogens with one attached hydrogen (secondary N) is 1. The van der Waals surface area contributed by atoms with E-state index in [2.05, 4.69) is 16.0 Å². The van der Waals surface area contributed by atoms with Gasteiger partial charge in [0.2, 0.25) is 12.3 Å². The van der Waals surface area contributed by atoms with Gasteiger partial charge in [-0.1, -0.05) is 49.9 Å². The molecule has 7 nitrogen and oxygen atoms in total. The van der Waals surface area contributed by atoms with Crippen LogP contribution in [-0.4, -0.2) is 23.2 Å². The van der Waals surface area contributed by atoms with E-state index in [4.69, 9.17) is 10.5 Å². The van der Waals surface area contributed by atoms with Crippen molar-refractivity contribution >= 4 is 24.0 Å². The van der Waals surface area contributed by atoms with Gasteiger partial charge in [0.15, 0.2) is 0 Å². The van der Waals surface area contributed by atoms with Crippen molar-refractivity contribution in [2.24, 2.45) is 17.4 Å². The lowest BCUT2D eigenvalue weighted by Gasteiger charge is -2.18. The van der Waals surface area contributed by atoms with Crippen molar-refractivity contribution in [3.8, 4) is 11.1 Å². The SMILES string of the molecule is Cc1ccc(C(N)=O)c(CCC2CCCC2)c1-c1ccc(NC(=O)c2ccccc2)nc1.NC=O. The van der Waals surface area contributed by atoms with E-state index in [0.29, 0.717) is 16.9 Å². The second-order valence-corrected chi connectivity index (χ2v) is 8.73. The van der Waals surface area contributed by atoms with Gasteiger partial charge in [0.1, 0.15) is 5.82 Å². The number of hydrogen-bond acceptors (Lipinski definition) is 4. The fourth-order valence-corrected chi connectivity index (χ4v) is 4.70. The van der Waals surface area contributed by atoms with Crippen LogP contribution in [-0.2, 0) is 11.2 Å². The standard InChI is InChI=1S/C27H29N3O2.CH3NO/c1-18-11-14-23(26(28)31)22(15-12-19-7-5-6-8-19)25(18)21-13-16-24(29-17-21)30-27(32)20-9-3-2-4-10-20;2-1-3/h2-4,9-11,13-14,16-17,19H,5-8,12,15H2,1H3,(H2,28,31)(H,29,30,32);1H,(H2,2,3). The Balaban J connectivity index is 0.00000108. The van der Waals surface area contributed by atoms with Crippen LogP contribution in [0, 0.1) is 12.8 Å². The number of primary amides is 2. The van der Waals surface area contributed by atoms with Crippen molar-refractivity contribution in [3.05, 3.63) is 83.0 Å². The van der Waals surface area contributed by atoms with E-state index < -0.39 is 5.91 Å². The lowest BCUT2D eigenvalue weighted by Crippen LogP contribution is -2.16. The highest BCUT2D eigenvalue weighted by Gasteiger charge is 2.20. The number of carbonyl (C=O) groups excluding carboxylic acids is 3. The van der Waals surface area contributed by atoms with E-state index in [0.717, 1.165) is 41.0 Å². The molecule has 182 valence electrons. The molecule has 0 atom stereocenters. The third-order valence-electron chi connectivity index (χ3n) is 6.39. The van der Waals surface area contributed by atoms with Gasteiger partial charge in [-0.05, 0) is 72.7 Å². The molecule has 5 N–H and O–H groups in total. The normalized spacial score (nSPS) is 12.9. The minimum absolute atomic E-state index is 0.199. The van der Waals surface area contributed by atoms with Crippen molar-refractivity contribution in [1.82, 2.24) is 4.98 Å². The molecule has 1 aliphatic carbocycles. The fourth-order valence-electron chi connectivity index (χ4n) is 4.70. The lowest BCUT2D eigenvalue weighted by molar-refractivity contribution is -0.106. The third-order valence-corrected chi connectivity index (χ3v) is 6.39. The van der Waals surface area contributed by atoms with Crippen LogP contribution in [0.1, 0.15) is 63.9 Å². The van der Waals surface area contributed by atoms with Gasteiger partial charge in [0.05, 0.1) is 0 Å².